The summed E-state index contributed by atoms with van der Waals surface area (Å²) in [5.74, 6) is -0.772. The Hall–Kier alpha value is -3.29. The van der Waals surface area contributed by atoms with E-state index in [0.717, 1.165) is 11.3 Å². The molecule has 3 N–H and O–H groups in total. The summed E-state index contributed by atoms with van der Waals surface area (Å²) in [4.78, 5) is 15.2. The van der Waals surface area contributed by atoms with Crippen LogP contribution in [0.25, 0.3) is 11.0 Å². The van der Waals surface area contributed by atoms with Crippen molar-refractivity contribution >= 4 is 28.5 Å². The molecule has 8 heteroatoms. The van der Waals surface area contributed by atoms with Crippen molar-refractivity contribution in [3.05, 3.63) is 47.7 Å². The topological polar surface area (TPSA) is 116 Å². The number of rotatable bonds is 4. The van der Waals surface area contributed by atoms with Crippen LogP contribution in [-0.4, -0.2) is 37.2 Å². The zero-order valence-electron chi connectivity index (χ0n) is 11.6. The van der Waals surface area contributed by atoms with Crippen LogP contribution in [0.5, 0.6) is 0 Å². The molecule has 1 aromatic carbocycles. The molecule has 3 rings (SSSR count). The SMILES string of the molecule is C/C(=N/Nc1ncc(C(=O)O)c2n[nH]nc12)c1ccccc1. The van der Waals surface area contributed by atoms with Gasteiger partial charge in [-0.2, -0.15) is 20.5 Å². The van der Waals surface area contributed by atoms with Crippen molar-refractivity contribution in [3.8, 4) is 0 Å². The number of nitrogens with zero attached hydrogens (tertiary/aromatic N) is 4. The van der Waals surface area contributed by atoms with E-state index in [1.54, 1.807) is 0 Å². The molecule has 0 fully saturated rings. The second kappa shape index (κ2) is 5.60. The third-order valence-corrected chi connectivity index (χ3v) is 3.10. The first-order valence-electron chi connectivity index (χ1n) is 6.45. The molecular formula is C14H12N6O2. The minimum absolute atomic E-state index is 0.0157. The fourth-order valence-corrected chi connectivity index (χ4v) is 1.95. The highest BCUT2D eigenvalue weighted by molar-refractivity contribution is 6.03. The van der Waals surface area contributed by atoms with E-state index < -0.39 is 5.97 Å². The van der Waals surface area contributed by atoms with E-state index >= 15 is 0 Å². The first-order chi connectivity index (χ1) is 10.7. The lowest BCUT2D eigenvalue weighted by atomic mass is 10.1. The normalized spacial score (nSPS) is 11.6. The van der Waals surface area contributed by atoms with Crippen LogP contribution in [-0.2, 0) is 0 Å². The number of hydrazone groups is 1. The molecule has 0 saturated carbocycles. The molecule has 0 aliphatic rings. The van der Waals surface area contributed by atoms with E-state index in [4.69, 9.17) is 5.11 Å². The highest BCUT2D eigenvalue weighted by Crippen LogP contribution is 2.20. The van der Waals surface area contributed by atoms with Crippen molar-refractivity contribution in [1.82, 2.24) is 20.4 Å². The third kappa shape index (κ3) is 2.49. The number of aromatic nitrogens is 4. The Morgan fingerprint density at radius 1 is 1.23 bits per heavy atom. The second-order valence-corrected chi connectivity index (χ2v) is 4.52. The molecule has 0 unspecified atom stereocenters. The Morgan fingerprint density at radius 3 is 2.68 bits per heavy atom. The third-order valence-electron chi connectivity index (χ3n) is 3.10. The smallest absolute Gasteiger partial charge is 0.339 e. The minimum Gasteiger partial charge on any atom is -0.478 e. The summed E-state index contributed by atoms with van der Waals surface area (Å²) in [6, 6.07) is 9.64. The van der Waals surface area contributed by atoms with Crippen molar-refractivity contribution in [3.63, 3.8) is 0 Å². The highest BCUT2D eigenvalue weighted by Gasteiger charge is 2.16. The van der Waals surface area contributed by atoms with Crippen molar-refractivity contribution in [1.29, 1.82) is 0 Å². The Morgan fingerprint density at radius 2 is 1.95 bits per heavy atom. The van der Waals surface area contributed by atoms with Gasteiger partial charge < -0.3 is 5.11 Å². The average molecular weight is 296 g/mol. The molecule has 0 bridgehead atoms. The van der Waals surface area contributed by atoms with Crippen molar-refractivity contribution in [2.75, 3.05) is 5.43 Å². The lowest BCUT2D eigenvalue weighted by Gasteiger charge is -2.04. The number of carbonyl (C=O) groups is 1. The number of nitrogens with one attached hydrogen (secondary N) is 2. The number of hydrogen-bond donors (Lipinski definition) is 3. The number of aromatic amines is 1. The predicted octanol–water partition coefficient (Wildman–Crippen LogP) is 1.89. The van der Waals surface area contributed by atoms with Crippen molar-refractivity contribution in [2.24, 2.45) is 5.10 Å². The maximum atomic E-state index is 11.1. The van der Waals surface area contributed by atoms with Gasteiger partial charge in [0.05, 0.1) is 5.71 Å². The van der Waals surface area contributed by atoms with Crippen LogP contribution in [0.3, 0.4) is 0 Å². The van der Waals surface area contributed by atoms with E-state index in [-0.39, 0.29) is 11.1 Å². The zero-order valence-corrected chi connectivity index (χ0v) is 11.6. The molecule has 0 aliphatic carbocycles. The second-order valence-electron chi connectivity index (χ2n) is 4.52. The van der Waals surface area contributed by atoms with Gasteiger partial charge in [-0.25, -0.2) is 9.78 Å². The van der Waals surface area contributed by atoms with E-state index in [0.29, 0.717) is 11.3 Å². The van der Waals surface area contributed by atoms with Crippen LogP contribution < -0.4 is 5.43 Å². The Bertz CT molecular complexity index is 856. The van der Waals surface area contributed by atoms with Gasteiger partial charge in [-0.15, -0.1) is 0 Å². The Kier molecular flexibility index (Phi) is 3.48. The van der Waals surface area contributed by atoms with Gasteiger partial charge in [0.2, 0.25) is 0 Å². The van der Waals surface area contributed by atoms with Gasteiger partial charge in [0.25, 0.3) is 0 Å². The number of carboxylic acid groups (broad SMARTS) is 1. The summed E-state index contributed by atoms with van der Waals surface area (Å²) in [6.07, 6.45) is 1.23. The van der Waals surface area contributed by atoms with E-state index in [1.807, 2.05) is 37.3 Å². The summed E-state index contributed by atoms with van der Waals surface area (Å²) in [5.41, 5.74) is 5.07. The summed E-state index contributed by atoms with van der Waals surface area (Å²) in [7, 11) is 0. The molecule has 110 valence electrons. The number of hydrogen-bond acceptors (Lipinski definition) is 6. The minimum atomic E-state index is -1.11. The quantitative estimate of drug-likeness (QED) is 0.500. The predicted molar refractivity (Wildman–Crippen MR) is 80.9 cm³/mol. The molecule has 22 heavy (non-hydrogen) atoms. The summed E-state index contributed by atoms with van der Waals surface area (Å²) in [6.45, 7) is 1.86. The van der Waals surface area contributed by atoms with Gasteiger partial charge in [0.15, 0.2) is 11.3 Å². The molecule has 3 aromatic rings. The Balaban J connectivity index is 1.94. The number of carboxylic acids is 1. The molecule has 8 nitrogen and oxygen atoms in total. The number of aromatic carboxylic acids is 1. The monoisotopic (exact) mass is 296 g/mol. The molecule has 0 saturated heterocycles. The standard InChI is InChI=1S/C14H12N6O2/c1-8(9-5-3-2-4-6-9)16-19-13-12-11(17-20-18-12)10(7-15-13)14(21)22/h2-7H,1H3,(H,15,19)(H,21,22)(H,17,18,20)/b16-8-. The number of H-pyrrole nitrogens is 1. The van der Waals surface area contributed by atoms with Gasteiger partial charge in [-0.05, 0) is 12.5 Å². The van der Waals surface area contributed by atoms with E-state index in [2.05, 4.69) is 30.9 Å². The zero-order chi connectivity index (χ0) is 15.5. The van der Waals surface area contributed by atoms with Crippen molar-refractivity contribution < 1.29 is 9.90 Å². The van der Waals surface area contributed by atoms with Crippen LogP contribution in [0.4, 0.5) is 5.82 Å². The van der Waals surface area contributed by atoms with Gasteiger partial charge in [0.1, 0.15) is 11.1 Å². The number of pyridine rings is 1. The maximum absolute atomic E-state index is 11.1. The Labute approximate surface area is 124 Å². The molecule has 2 heterocycles. The average Bonchev–Trinajstić information content (AvgIpc) is 3.02. The van der Waals surface area contributed by atoms with Gasteiger partial charge >= 0.3 is 5.97 Å². The summed E-state index contributed by atoms with van der Waals surface area (Å²) < 4.78 is 0. The molecule has 2 aromatic heterocycles. The van der Waals surface area contributed by atoms with Crippen LogP contribution in [0, 0.1) is 0 Å². The first-order valence-corrected chi connectivity index (χ1v) is 6.45. The number of fused-ring (bicyclic) bond motifs is 1. The molecule has 0 atom stereocenters. The summed E-state index contributed by atoms with van der Waals surface area (Å²) >= 11 is 0. The fraction of sp³-hybridized carbons (Fsp3) is 0.0714. The number of anilines is 1. The molecular weight excluding hydrogens is 284 g/mol. The molecule has 0 amide bonds. The molecule has 0 radical (unpaired) electrons. The lowest BCUT2D eigenvalue weighted by Crippen LogP contribution is -2.04. The van der Waals surface area contributed by atoms with Crippen LogP contribution in [0.15, 0.2) is 41.6 Å². The van der Waals surface area contributed by atoms with Crippen LogP contribution >= 0.6 is 0 Å². The molecule has 0 aliphatic heterocycles. The van der Waals surface area contributed by atoms with Crippen LogP contribution in [0.1, 0.15) is 22.8 Å². The largest absolute Gasteiger partial charge is 0.478 e. The van der Waals surface area contributed by atoms with Crippen LogP contribution in [0.2, 0.25) is 0 Å². The molecule has 0 spiro atoms. The highest BCUT2D eigenvalue weighted by atomic mass is 16.4. The van der Waals surface area contributed by atoms with Gasteiger partial charge in [-0.3, -0.25) is 5.43 Å². The van der Waals surface area contributed by atoms with Gasteiger partial charge in [-0.1, -0.05) is 30.3 Å². The fourth-order valence-electron chi connectivity index (χ4n) is 1.95. The van der Waals surface area contributed by atoms with E-state index in [9.17, 15) is 4.79 Å². The van der Waals surface area contributed by atoms with E-state index in [1.165, 1.54) is 6.20 Å². The summed E-state index contributed by atoms with van der Waals surface area (Å²) in [5, 5.41) is 23.5. The van der Waals surface area contributed by atoms with Crippen molar-refractivity contribution in [2.45, 2.75) is 6.92 Å². The lowest BCUT2D eigenvalue weighted by molar-refractivity contribution is 0.0698. The van der Waals surface area contributed by atoms with Gasteiger partial charge in [0, 0.05) is 6.20 Å². The first kappa shape index (κ1) is 13.7. The maximum Gasteiger partial charge on any atom is 0.339 e. The number of benzene rings is 1.